The normalized spacial score (nSPS) is 28.8. The Kier molecular flexibility index (Phi) is 2.68. The molecule has 3 amide bonds. The second-order valence-electron chi connectivity index (χ2n) is 2.93. The van der Waals surface area contributed by atoms with Crippen LogP contribution in [0.4, 0.5) is 0 Å². The van der Waals surface area contributed by atoms with E-state index in [9.17, 15) is 14.4 Å². The average Bonchev–Trinajstić information content (AvgIpc) is 2.09. The van der Waals surface area contributed by atoms with E-state index in [0.29, 0.717) is 13.0 Å². The lowest BCUT2D eigenvalue weighted by Gasteiger charge is -2.30. The number of hydrogen-bond donors (Lipinski definition) is 0. The Balaban J connectivity index is 2.72. The lowest BCUT2D eigenvalue weighted by atomic mass is 10.3. The molecule has 0 N–H and O–H groups in total. The number of halogens is 1. The maximum Gasteiger partial charge on any atom is 0.358 e. The van der Waals surface area contributed by atoms with Crippen molar-refractivity contribution < 1.29 is 18.4 Å². The van der Waals surface area contributed by atoms with Crippen LogP contribution in [-0.2, 0) is 14.4 Å². The summed E-state index contributed by atoms with van der Waals surface area (Å²) >= 11 is 5.66. The van der Waals surface area contributed by atoms with Gasteiger partial charge >= 0.3 is 12.3 Å². The maximum absolute atomic E-state index is 11.3. The molecule has 1 aliphatic rings. The molecule has 0 radical (unpaired) electrons. The number of rotatable bonds is 1. The smallest absolute Gasteiger partial charge is 0.324 e. The molecule has 1 heterocycles. The van der Waals surface area contributed by atoms with Gasteiger partial charge in [0.1, 0.15) is 13.1 Å². The van der Waals surface area contributed by atoms with Gasteiger partial charge in [-0.15, -0.1) is 0 Å². The first kappa shape index (κ1) is 10.1. The summed E-state index contributed by atoms with van der Waals surface area (Å²) < 4.78 is -0.746. The van der Waals surface area contributed by atoms with Gasteiger partial charge < -0.3 is 4.90 Å². The minimum Gasteiger partial charge on any atom is -0.324 e. The fourth-order valence-corrected chi connectivity index (χ4v) is 1.26. The molecule has 1 rings (SSSR count). The molecule has 1 saturated heterocycles. The van der Waals surface area contributed by atoms with E-state index >= 15 is 0 Å². The minimum atomic E-state index is -0.746. The zero-order valence-electron chi connectivity index (χ0n) is 7.20. The quantitative estimate of drug-likeness (QED) is 0.429. The Labute approximate surface area is 80.6 Å². The summed E-state index contributed by atoms with van der Waals surface area (Å²) in [5.41, 5.74) is 0. The molecule has 0 saturated carbocycles. The molecular weight excluding hydrogens is 196 g/mol. The number of hydrogen-bond acceptors (Lipinski definition) is 3. The molecule has 1 aliphatic heterocycles. The zero-order valence-corrected chi connectivity index (χ0v) is 7.95. The van der Waals surface area contributed by atoms with Gasteiger partial charge in [-0.1, -0.05) is 4.00 Å². The highest BCUT2D eigenvalue weighted by atomic mass is 35.5. The van der Waals surface area contributed by atoms with Gasteiger partial charge in [-0.25, -0.2) is 9.59 Å². The number of piperazine rings is 1. The molecule has 5 nitrogen and oxygen atoms in total. The summed E-state index contributed by atoms with van der Waals surface area (Å²) in [6.07, 6.45) is 0.390. The molecule has 0 spiro atoms. The summed E-state index contributed by atoms with van der Waals surface area (Å²) in [6, 6.07) is 0. The number of nitrogens with zero attached hydrogens (tertiary/aromatic N) is 2. The predicted octanol–water partition coefficient (Wildman–Crippen LogP) is -0.498. The number of amides is 3. The third-order valence-electron chi connectivity index (χ3n) is 2.05. The first-order chi connectivity index (χ1) is 5.99. The van der Waals surface area contributed by atoms with E-state index in [2.05, 4.69) is 0 Å². The lowest BCUT2D eigenvalue weighted by molar-refractivity contribution is -0.651. The molecule has 0 bridgehead atoms. The first-order valence-corrected chi connectivity index (χ1v) is 4.16. The molecule has 0 aromatic rings. The van der Waals surface area contributed by atoms with E-state index in [1.165, 1.54) is 11.8 Å². The fourth-order valence-electron chi connectivity index (χ4n) is 1.13. The average molecular weight is 206 g/mol. The SMILES string of the molecule is CC(=O)N1CC[N+](Cl)(C=O)C(=O)C1. The van der Waals surface area contributed by atoms with Gasteiger partial charge in [0, 0.05) is 6.92 Å². The summed E-state index contributed by atoms with van der Waals surface area (Å²) in [7, 11) is 0. The summed E-state index contributed by atoms with van der Waals surface area (Å²) in [6.45, 7) is 1.77. The van der Waals surface area contributed by atoms with Gasteiger partial charge in [0.2, 0.25) is 5.91 Å². The molecule has 0 aromatic carbocycles. The van der Waals surface area contributed by atoms with Crippen molar-refractivity contribution in [3.63, 3.8) is 0 Å². The third kappa shape index (κ3) is 1.87. The van der Waals surface area contributed by atoms with Crippen molar-refractivity contribution in [3.05, 3.63) is 0 Å². The Hall–Kier alpha value is -0.940. The molecule has 0 aromatic heterocycles. The van der Waals surface area contributed by atoms with Gasteiger partial charge in [0.25, 0.3) is 0 Å². The second-order valence-corrected chi connectivity index (χ2v) is 3.54. The Bertz CT molecular complexity index is 268. The van der Waals surface area contributed by atoms with Crippen LogP contribution in [0, 0.1) is 0 Å². The molecule has 1 unspecified atom stereocenters. The predicted molar refractivity (Wildman–Crippen MR) is 44.3 cm³/mol. The van der Waals surface area contributed by atoms with E-state index in [1.807, 2.05) is 0 Å². The van der Waals surface area contributed by atoms with Gasteiger partial charge in [0.05, 0.1) is 6.54 Å². The van der Waals surface area contributed by atoms with Crippen LogP contribution < -0.4 is 0 Å². The summed E-state index contributed by atoms with van der Waals surface area (Å²) in [5.74, 6) is -0.639. The van der Waals surface area contributed by atoms with Crippen molar-refractivity contribution in [1.29, 1.82) is 0 Å². The Morgan fingerprint density at radius 2 is 2.31 bits per heavy atom. The second kappa shape index (κ2) is 3.43. The molecule has 13 heavy (non-hydrogen) atoms. The van der Waals surface area contributed by atoms with Crippen LogP contribution in [0.15, 0.2) is 0 Å². The van der Waals surface area contributed by atoms with E-state index in [4.69, 9.17) is 11.8 Å². The van der Waals surface area contributed by atoms with Crippen LogP contribution in [-0.4, -0.2) is 46.8 Å². The molecule has 1 atom stereocenters. The highest BCUT2D eigenvalue weighted by Crippen LogP contribution is 2.15. The number of quaternary nitrogens is 1. The van der Waals surface area contributed by atoms with Crippen LogP contribution in [0.1, 0.15) is 6.92 Å². The minimum absolute atomic E-state index is 0.0857. The van der Waals surface area contributed by atoms with Crippen molar-refractivity contribution >= 4 is 30.0 Å². The molecular formula is C7H10ClN2O3+. The van der Waals surface area contributed by atoms with Crippen LogP contribution in [0.5, 0.6) is 0 Å². The van der Waals surface area contributed by atoms with Crippen molar-refractivity contribution in [2.75, 3.05) is 19.6 Å². The number of carbonyl (C=O) groups excluding carboxylic acids is 3. The number of carbonyl (C=O) groups is 3. The van der Waals surface area contributed by atoms with E-state index in [1.54, 1.807) is 0 Å². The molecule has 0 aliphatic carbocycles. The lowest BCUT2D eigenvalue weighted by Crippen LogP contribution is -2.58. The highest BCUT2D eigenvalue weighted by molar-refractivity contribution is 6.16. The van der Waals surface area contributed by atoms with Gasteiger partial charge in [-0.2, -0.15) is 0 Å². The Morgan fingerprint density at radius 1 is 1.69 bits per heavy atom. The molecule has 6 heteroatoms. The standard InChI is InChI=1S/C7H10ClN2O3/c1-6(12)9-2-3-10(8,5-11)7(13)4-9/h5H,2-4H2,1H3/q+1. The van der Waals surface area contributed by atoms with Crippen LogP contribution >= 0.6 is 11.8 Å². The maximum atomic E-state index is 11.3. The van der Waals surface area contributed by atoms with Crippen LogP contribution in [0.2, 0.25) is 0 Å². The number of imide groups is 1. The fraction of sp³-hybridized carbons (Fsp3) is 0.571. The van der Waals surface area contributed by atoms with E-state index < -0.39 is 9.91 Å². The van der Waals surface area contributed by atoms with Crippen LogP contribution in [0.3, 0.4) is 0 Å². The monoisotopic (exact) mass is 205 g/mol. The van der Waals surface area contributed by atoms with Gasteiger partial charge in [0.15, 0.2) is 11.8 Å². The Morgan fingerprint density at radius 3 is 2.69 bits per heavy atom. The van der Waals surface area contributed by atoms with E-state index in [0.717, 1.165) is 0 Å². The van der Waals surface area contributed by atoms with Crippen LogP contribution in [0.25, 0.3) is 0 Å². The van der Waals surface area contributed by atoms with Gasteiger partial charge in [-0.05, 0) is 0 Å². The highest BCUT2D eigenvalue weighted by Gasteiger charge is 2.42. The van der Waals surface area contributed by atoms with E-state index in [-0.39, 0.29) is 19.0 Å². The van der Waals surface area contributed by atoms with Crippen molar-refractivity contribution in [2.24, 2.45) is 0 Å². The largest absolute Gasteiger partial charge is 0.358 e. The van der Waals surface area contributed by atoms with Gasteiger partial charge in [-0.3, -0.25) is 4.79 Å². The zero-order chi connectivity index (χ0) is 10.1. The van der Waals surface area contributed by atoms with Crippen molar-refractivity contribution in [3.8, 4) is 0 Å². The third-order valence-corrected chi connectivity index (χ3v) is 2.49. The first-order valence-electron chi connectivity index (χ1n) is 3.82. The summed E-state index contributed by atoms with van der Waals surface area (Å²) in [5, 5.41) is 0. The summed E-state index contributed by atoms with van der Waals surface area (Å²) in [4.78, 5) is 34.0. The van der Waals surface area contributed by atoms with Crippen molar-refractivity contribution in [2.45, 2.75) is 6.92 Å². The topological polar surface area (TPSA) is 54.5 Å². The van der Waals surface area contributed by atoms with Crippen molar-refractivity contribution in [1.82, 2.24) is 4.90 Å². The molecule has 72 valence electrons. The molecule has 1 fully saturated rings.